The van der Waals surface area contributed by atoms with Crippen LogP contribution in [0.3, 0.4) is 0 Å². The van der Waals surface area contributed by atoms with Gasteiger partial charge in [-0.05, 0) is 19.9 Å². The highest BCUT2D eigenvalue weighted by molar-refractivity contribution is 6.33. The Hall–Kier alpha value is -1.11. The molecule has 0 radical (unpaired) electrons. The lowest BCUT2D eigenvalue weighted by Gasteiger charge is -2.33. The van der Waals surface area contributed by atoms with Gasteiger partial charge in [0, 0.05) is 26.2 Å². The Balaban J connectivity index is 2.13. The molecule has 7 heteroatoms. The van der Waals surface area contributed by atoms with Crippen molar-refractivity contribution in [3.63, 3.8) is 0 Å². The summed E-state index contributed by atoms with van der Waals surface area (Å²) < 4.78 is 6.29. The molecular formula is C13H21ClN4O2. The lowest BCUT2D eigenvalue weighted by Crippen LogP contribution is -2.42. The van der Waals surface area contributed by atoms with Crippen LogP contribution in [0.25, 0.3) is 0 Å². The molecule has 2 rings (SSSR count). The van der Waals surface area contributed by atoms with E-state index in [1.807, 2.05) is 7.05 Å². The minimum absolute atomic E-state index is 0.249. The van der Waals surface area contributed by atoms with E-state index in [-0.39, 0.29) is 10.6 Å². The first-order valence-corrected chi connectivity index (χ1v) is 7.22. The summed E-state index contributed by atoms with van der Waals surface area (Å²) in [6.07, 6.45) is 3.76. The van der Waals surface area contributed by atoms with E-state index in [1.54, 1.807) is 13.3 Å². The summed E-state index contributed by atoms with van der Waals surface area (Å²) >= 11 is 6.21. The van der Waals surface area contributed by atoms with Gasteiger partial charge in [0.2, 0.25) is 0 Å². The van der Waals surface area contributed by atoms with Crippen LogP contribution in [-0.2, 0) is 11.3 Å². The molecule has 0 saturated carbocycles. The molecule has 2 heterocycles. The summed E-state index contributed by atoms with van der Waals surface area (Å²) in [6, 6.07) is 0.542. The van der Waals surface area contributed by atoms with Crippen LogP contribution in [0.1, 0.15) is 12.8 Å². The third kappa shape index (κ3) is 3.31. The Morgan fingerprint density at radius 2 is 2.20 bits per heavy atom. The zero-order chi connectivity index (χ0) is 14.5. The van der Waals surface area contributed by atoms with E-state index < -0.39 is 0 Å². The van der Waals surface area contributed by atoms with E-state index in [0.717, 1.165) is 31.6 Å². The Kier molecular flexibility index (Phi) is 5.39. The predicted octanol–water partition coefficient (Wildman–Crippen LogP) is 0.731. The number of nitrogens with one attached hydrogen (secondary N) is 1. The Morgan fingerprint density at radius 1 is 1.50 bits per heavy atom. The maximum atomic E-state index is 12.1. The maximum Gasteiger partial charge on any atom is 0.287 e. The molecule has 1 aromatic heterocycles. The van der Waals surface area contributed by atoms with Crippen molar-refractivity contribution in [2.24, 2.45) is 0 Å². The average Bonchev–Trinajstić information content (AvgIpc) is 2.49. The normalized spacial score (nSPS) is 16.6. The molecule has 0 spiro atoms. The van der Waals surface area contributed by atoms with Crippen molar-refractivity contribution in [2.45, 2.75) is 25.4 Å². The molecule has 0 aromatic carbocycles. The average molecular weight is 301 g/mol. The van der Waals surface area contributed by atoms with Gasteiger partial charge in [-0.2, -0.15) is 5.10 Å². The lowest BCUT2D eigenvalue weighted by molar-refractivity contribution is 0.182. The van der Waals surface area contributed by atoms with Crippen molar-refractivity contribution in [2.75, 3.05) is 38.8 Å². The first-order valence-electron chi connectivity index (χ1n) is 6.84. The monoisotopic (exact) mass is 300 g/mol. The number of nitrogens with zero attached hydrogens (tertiary/aromatic N) is 3. The SMILES string of the molecule is CNC1CCN(c2cnn(CCOC)c(=O)c2Cl)CC1. The molecule has 1 N–H and O–H groups in total. The molecule has 20 heavy (non-hydrogen) atoms. The van der Waals surface area contributed by atoms with Crippen molar-refractivity contribution in [3.8, 4) is 0 Å². The predicted molar refractivity (Wildman–Crippen MR) is 79.7 cm³/mol. The lowest BCUT2D eigenvalue weighted by atomic mass is 10.1. The maximum absolute atomic E-state index is 12.1. The molecule has 0 bridgehead atoms. The minimum Gasteiger partial charge on any atom is -0.383 e. The van der Waals surface area contributed by atoms with Crippen LogP contribution in [0, 0.1) is 0 Å². The molecule has 1 aromatic rings. The molecular weight excluding hydrogens is 280 g/mol. The van der Waals surface area contributed by atoms with Crippen LogP contribution in [-0.4, -0.2) is 49.7 Å². The Morgan fingerprint density at radius 3 is 2.80 bits per heavy atom. The van der Waals surface area contributed by atoms with E-state index in [2.05, 4.69) is 15.3 Å². The molecule has 0 atom stereocenters. The first kappa shape index (κ1) is 15.3. The zero-order valence-electron chi connectivity index (χ0n) is 11.9. The highest BCUT2D eigenvalue weighted by Gasteiger charge is 2.21. The quantitative estimate of drug-likeness (QED) is 0.869. The standard InChI is InChI=1S/C13H21ClN4O2/c1-15-10-3-5-17(6-4-10)11-9-16-18(7-8-20-2)13(19)12(11)14/h9-10,15H,3-8H2,1-2H3. The highest BCUT2D eigenvalue weighted by atomic mass is 35.5. The van der Waals surface area contributed by atoms with Crippen molar-refractivity contribution in [1.82, 2.24) is 15.1 Å². The smallest absolute Gasteiger partial charge is 0.287 e. The van der Waals surface area contributed by atoms with Crippen molar-refractivity contribution < 1.29 is 4.74 Å². The number of piperidine rings is 1. The van der Waals surface area contributed by atoms with Crippen molar-refractivity contribution in [1.29, 1.82) is 0 Å². The number of aromatic nitrogens is 2. The van der Waals surface area contributed by atoms with Gasteiger partial charge >= 0.3 is 0 Å². The molecule has 1 saturated heterocycles. The Labute approximate surface area is 123 Å². The van der Waals surface area contributed by atoms with Crippen molar-refractivity contribution >= 4 is 17.3 Å². The largest absolute Gasteiger partial charge is 0.383 e. The second-order valence-corrected chi connectivity index (χ2v) is 5.29. The number of anilines is 1. The molecule has 0 unspecified atom stereocenters. The van der Waals surface area contributed by atoms with E-state index in [9.17, 15) is 4.79 Å². The van der Waals surface area contributed by atoms with Gasteiger partial charge in [-0.3, -0.25) is 4.79 Å². The number of ether oxygens (including phenoxy) is 1. The molecule has 1 fully saturated rings. The fourth-order valence-corrected chi connectivity index (χ4v) is 2.69. The Bertz CT molecular complexity index is 498. The fraction of sp³-hybridized carbons (Fsp3) is 0.692. The first-order chi connectivity index (χ1) is 9.67. The van der Waals surface area contributed by atoms with Gasteiger partial charge in [-0.1, -0.05) is 11.6 Å². The molecule has 0 aliphatic carbocycles. The summed E-state index contributed by atoms with van der Waals surface area (Å²) in [5.41, 5.74) is 0.483. The number of hydrogen-bond acceptors (Lipinski definition) is 5. The second-order valence-electron chi connectivity index (χ2n) is 4.91. The third-order valence-electron chi connectivity index (χ3n) is 3.72. The molecule has 1 aliphatic heterocycles. The van der Waals surface area contributed by atoms with Gasteiger partial charge in [-0.25, -0.2) is 4.68 Å². The van der Waals surface area contributed by atoms with Crippen LogP contribution in [0.2, 0.25) is 5.02 Å². The van der Waals surface area contributed by atoms with E-state index >= 15 is 0 Å². The summed E-state index contributed by atoms with van der Waals surface area (Å²) in [6.45, 7) is 2.62. The van der Waals surface area contributed by atoms with Gasteiger partial charge in [-0.15, -0.1) is 0 Å². The summed E-state index contributed by atoms with van der Waals surface area (Å²) in [4.78, 5) is 14.3. The molecule has 6 nitrogen and oxygen atoms in total. The van der Waals surface area contributed by atoms with E-state index in [0.29, 0.717) is 19.2 Å². The molecule has 1 aliphatic rings. The van der Waals surface area contributed by atoms with Gasteiger partial charge < -0.3 is 15.0 Å². The molecule has 112 valence electrons. The minimum atomic E-state index is -0.253. The van der Waals surface area contributed by atoms with E-state index in [1.165, 1.54) is 4.68 Å². The van der Waals surface area contributed by atoms with Crippen molar-refractivity contribution in [3.05, 3.63) is 21.6 Å². The second kappa shape index (κ2) is 7.06. The number of methoxy groups -OCH3 is 1. The third-order valence-corrected chi connectivity index (χ3v) is 4.07. The fourth-order valence-electron chi connectivity index (χ4n) is 2.42. The number of halogens is 1. The van der Waals surface area contributed by atoms with Crippen LogP contribution in [0.5, 0.6) is 0 Å². The zero-order valence-corrected chi connectivity index (χ0v) is 12.7. The summed E-state index contributed by atoms with van der Waals surface area (Å²) in [5, 5.41) is 7.70. The highest BCUT2D eigenvalue weighted by Crippen LogP contribution is 2.24. The van der Waals surface area contributed by atoms with Gasteiger partial charge in [0.1, 0.15) is 5.02 Å². The molecule has 0 amide bonds. The number of rotatable bonds is 5. The van der Waals surface area contributed by atoms with Crippen LogP contribution >= 0.6 is 11.6 Å². The van der Waals surface area contributed by atoms with E-state index in [4.69, 9.17) is 16.3 Å². The topological polar surface area (TPSA) is 59.4 Å². The van der Waals surface area contributed by atoms with Gasteiger partial charge in [0.15, 0.2) is 0 Å². The summed E-state index contributed by atoms with van der Waals surface area (Å²) in [7, 11) is 3.57. The number of hydrogen-bond donors (Lipinski definition) is 1. The van der Waals surface area contributed by atoms with Gasteiger partial charge in [0.05, 0.1) is 25.0 Å². The summed E-state index contributed by atoms with van der Waals surface area (Å²) in [5.74, 6) is 0. The van der Waals surface area contributed by atoms with Gasteiger partial charge in [0.25, 0.3) is 5.56 Å². The van der Waals surface area contributed by atoms with Crippen LogP contribution in [0.15, 0.2) is 11.0 Å². The van der Waals surface area contributed by atoms with Crippen LogP contribution < -0.4 is 15.8 Å². The van der Waals surface area contributed by atoms with Crippen LogP contribution in [0.4, 0.5) is 5.69 Å².